The first kappa shape index (κ1) is 15.4. The number of hydrogen-bond acceptors (Lipinski definition) is 4. The van der Waals surface area contributed by atoms with Crippen LogP contribution in [0.15, 0.2) is 23.4 Å². The number of morpholine rings is 1. The van der Waals surface area contributed by atoms with Gasteiger partial charge in [-0.3, -0.25) is 0 Å². The highest BCUT2D eigenvalue weighted by molar-refractivity contribution is 5.99. The van der Waals surface area contributed by atoms with Crippen molar-refractivity contribution in [3.8, 4) is 0 Å². The maximum absolute atomic E-state index is 13.0. The molecular formula is C13H16F3N3O2. The highest BCUT2D eigenvalue weighted by atomic mass is 19.4. The smallest absolute Gasteiger partial charge is 0.409 e. The number of ether oxygens (including phenoxy) is 1. The van der Waals surface area contributed by atoms with E-state index in [1.807, 2.05) is 11.8 Å². The molecule has 3 N–H and O–H groups in total. The number of nitrogens with zero attached hydrogens (tertiary/aromatic N) is 2. The molecule has 0 bridgehead atoms. The van der Waals surface area contributed by atoms with Gasteiger partial charge in [0.1, 0.15) is 0 Å². The van der Waals surface area contributed by atoms with E-state index in [4.69, 9.17) is 15.7 Å². The van der Waals surface area contributed by atoms with Crippen LogP contribution in [0.2, 0.25) is 0 Å². The topological polar surface area (TPSA) is 71.1 Å². The number of benzene rings is 1. The standard InChI is InChI=1S/C13H16F3N3O2/c1-8-7-19(4-5-21-8)9-2-3-11(13(14,15)16)10(6-9)12(17)18-20/h2-3,6,8,20H,4-5,7H2,1H3,(H2,17,18). The molecule has 0 amide bonds. The Morgan fingerprint density at radius 2 is 2.19 bits per heavy atom. The van der Waals surface area contributed by atoms with Crippen LogP contribution in [0.3, 0.4) is 0 Å². The Balaban J connectivity index is 2.42. The highest BCUT2D eigenvalue weighted by Crippen LogP contribution is 2.34. The minimum atomic E-state index is -4.57. The molecule has 21 heavy (non-hydrogen) atoms. The quantitative estimate of drug-likeness (QED) is 0.379. The molecule has 0 saturated carbocycles. The average Bonchev–Trinajstić information content (AvgIpc) is 2.45. The number of rotatable bonds is 2. The Morgan fingerprint density at radius 3 is 2.76 bits per heavy atom. The largest absolute Gasteiger partial charge is 0.417 e. The summed E-state index contributed by atoms with van der Waals surface area (Å²) in [5.74, 6) is -0.564. The van der Waals surface area contributed by atoms with Gasteiger partial charge in [0, 0.05) is 24.3 Å². The second-order valence-corrected chi connectivity index (χ2v) is 4.84. The predicted molar refractivity (Wildman–Crippen MR) is 71.6 cm³/mol. The zero-order chi connectivity index (χ0) is 15.6. The monoisotopic (exact) mass is 303 g/mol. The Morgan fingerprint density at radius 1 is 1.48 bits per heavy atom. The Bertz CT molecular complexity index is 546. The third kappa shape index (κ3) is 3.38. The summed E-state index contributed by atoms with van der Waals surface area (Å²) >= 11 is 0. The zero-order valence-corrected chi connectivity index (χ0v) is 11.4. The van der Waals surface area contributed by atoms with Gasteiger partial charge < -0.3 is 20.6 Å². The lowest BCUT2D eigenvalue weighted by atomic mass is 10.0. The van der Waals surface area contributed by atoms with E-state index in [1.54, 1.807) is 0 Å². The normalized spacial score (nSPS) is 20.7. The van der Waals surface area contributed by atoms with Gasteiger partial charge >= 0.3 is 6.18 Å². The van der Waals surface area contributed by atoms with E-state index in [2.05, 4.69) is 5.16 Å². The van der Waals surface area contributed by atoms with Gasteiger partial charge in [-0.05, 0) is 25.1 Å². The summed E-state index contributed by atoms with van der Waals surface area (Å²) in [7, 11) is 0. The number of halogens is 3. The first-order chi connectivity index (χ1) is 9.82. The van der Waals surface area contributed by atoms with Gasteiger partial charge in [-0.2, -0.15) is 13.2 Å². The summed E-state index contributed by atoms with van der Waals surface area (Å²) in [6.07, 6.45) is -4.57. The molecule has 1 aromatic carbocycles. The third-order valence-corrected chi connectivity index (χ3v) is 3.30. The van der Waals surface area contributed by atoms with E-state index >= 15 is 0 Å². The second kappa shape index (κ2) is 5.80. The van der Waals surface area contributed by atoms with Gasteiger partial charge in [-0.25, -0.2) is 0 Å². The summed E-state index contributed by atoms with van der Waals surface area (Å²) in [4.78, 5) is 1.91. The van der Waals surface area contributed by atoms with E-state index in [-0.39, 0.29) is 11.7 Å². The Kier molecular flexibility index (Phi) is 4.26. The van der Waals surface area contributed by atoms with Crippen molar-refractivity contribution in [2.75, 3.05) is 24.6 Å². The van der Waals surface area contributed by atoms with Gasteiger partial charge in [0.25, 0.3) is 0 Å². The minimum absolute atomic E-state index is 0.00616. The Labute approximate surface area is 119 Å². The van der Waals surface area contributed by atoms with Gasteiger partial charge in [0.15, 0.2) is 5.84 Å². The first-order valence-corrected chi connectivity index (χ1v) is 6.38. The van der Waals surface area contributed by atoms with Crippen molar-refractivity contribution in [2.45, 2.75) is 19.2 Å². The van der Waals surface area contributed by atoms with Crippen molar-refractivity contribution in [3.63, 3.8) is 0 Å². The molecule has 1 saturated heterocycles. The maximum Gasteiger partial charge on any atom is 0.417 e. The molecule has 116 valence electrons. The van der Waals surface area contributed by atoms with Gasteiger partial charge in [-0.1, -0.05) is 5.16 Å². The van der Waals surface area contributed by atoms with Crippen LogP contribution in [0.4, 0.5) is 18.9 Å². The molecule has 0 radical (unpaired) electrons. The molecule has 5 nitrogen and oxygen atoms in total. The molecule has 1 fully saturated rings. The van der Waals surface area contributed by atoms with Crippen molar-refractivity contribution < 1.29 is 23.1 Å². The van der Waals surface area contributed by atoms with E-state index in [0.29, 0.717) is 25.4 Å². The van der Waals surface area contributed by atoms with Crippen LogP contribution in [-0.4, -0.2) is 36.8 Å². The van der Waals surface area contributed by atoms with Crippen LogP contribution in [-0.2, 0) is 10.9 Å². The summed E-state index contributed by atoms with van der Waals surface area (Å²) in [6.45, 7) is 3.54. The number of hydrogen-bond donors (Lipinski definition) is 2. The van der Waals surface area contributed by atoms with Crippen molar-refractivity contribution >= 4 is 11.5 Å². The zero-order valence-electron chi connectivity index (χ0n) is 11.4. The average molecular weight is 303 g/mol. The number of nitrogens with two attached hydrogens (primary N) is 1. The fourth-order valence-corrected chi connectivity index (χ4v) is 2.29. The SMILES string of the molecule is CC1CN(c2ccc(C(F)(F)F)c(/C(N)=N/O)c2)CCO1. The fraction of sp³-hybridized carbons (Fsp3) is 0.462. The van der Waals surface area contributed by atoms with E-state index < -0.39 is 17.6 Å². The molecule has 1 aliphatic heterocycles. The molecule has 2 rings (SSSR count). The van der Waals surface area contributed by atoms with Crippen LogP contribution in [0.25, 0.3) is 0 Å². The third-order valence-electron chi connectivity index (χ3n) is 3.30. The second-order valence-electron chi connectivity index (χ2n) is 4.84. The number of alkyl halides is 3. The molecule has 8 heteroatoms. The van der Waals surface area contributed by atoms with Crippen LogP contribution in [0.5, 0.6) is 0 Å². The van der Waals surface area contributed by atoms with E-state index in [1.165, 1.54) is 12.1 Å². The van der Waals surface area contributed by atoms with Crippen molar-refractivity contribution in [1.82, 2.24) is 0 Å². The van der Waals surface area contributed by atoms with E-state index in [0.717, 1.165) is 6.07 Å². The number of oxime groups is 1. The minimum Gasteiger partial charge on any atom is -0.409 e. The molecule has 1 atom stereocenters. The first-order valence-electron chi connectivity index (χ1n) is 6.38. The molecule has 0 aliphatic carbocycles. The van der Waals surface area contributed by atoms with Gasteiger partial charge in [0.2, 0.25) is 0 Å². The maximum atomic E-state index is 13.0. The van der Waals surface area contributed by atoms with Crippen LogP contribution in [0, 0.1) is 0 Å². The molecule has 1 aliphatic rings. The predicted octanol–water partition coefficient (Wildman–Crippen LogP) is 2.03. The number of amidine groups is 1. The summed E-state index contributed by atoms with van der Waals surface area (Å²) in [5.41, 5.74) is 4.70. The van der Waals surface area contributed by atoms with Gasteiger partial charge in [-0.15, -0.1) is 0 Å². The lowest BCUT2D eigenvalue weighted by Gasteiger charge is -2.33. The molecule has 1 aromatic rings. The van der Waals surface area contributed by atoms with Crippen molar-refractivity contribution in [3.05, 3.63) is 29.3 Å². The summed E-state index contributed by atoms with van der Waals surface area (Å²) in [6, 6.07) is 3.62. The summed E-state index contributed by atoms with van der Waals surface area (Å²) < 4.78 is 44.3. The number of anilines is 1. The fourth-order valence-electron chi connectivity index (χ4n) is 2.29. The van der Waals surface area contributed by atoms with Gasteiger partial charge in [0.05, 0.1) is 18.3 Å². The molecule has 0 spiro atoms. The highest BCUT2D eigenvalue weighted by Gasteiger charge is 2.35. The lowest BCUT2D eigenvalue weighted by molar-refractivity contribution is -0.137. The lowest BCUT2D eigenvalue weighted by Crippen LogP contribution is -2.41. The van der Waals surface area contributed by atoms with Crippen LogP contribution < -0.4 is 10.6 Å². The van der Waals surface area contributed by atoms with Crippen molar-refractivity contribution in [1.29, 1.82) is 0 Å². The van der Waals surface area contributed by atoms with Crippen molar-refractivity contribution in [2.24, 2.45) is 10.9 Å². The molecular weight excluding hydrogens is 287 g/mol. The van der Waals surface area contributed by atoms with Crippen LogP contribution >= 0.6 is 0 Å². The summed E-state index contributed by atoms with van der Waals surface area (Å²) in [5, 5.41) is 11.4. The molecule has 0 aromatic heterocycles. The van der Waals surface area contributed by atoms with Crippen LogP contribution in [0.1, 0.15) is 18.1 Å². The van der Waals surface area contributed by atoms with E-state index in [9.17, 15) is 13.2 Å². The molecule has 1 unspecified atom stereocenters. The Hall–Kier alpha value is -1.96. The molecule has 1 heterocycles.